The van der Waals surface area contributed by atoms with Gasteiger partial charge >= 0.3 is 0 Å². The zero-order valence-electron chi connectivity index (χ0n) is 18.9. The fourth-order valence-corrected chi connectivity index (χ4v) is 5.62. The molecule has 2 unspecified atom stereocenters. The van der Waals surface area contributed by atoms with Crippen molar-refractivity contribution in [3.8, 4) is 0 Å². The van der Waals surface area contributed by atoms with E-state index in [0.29, 0.717) is 12.2 Å². The Morgan fingerprint density at radius 3 is 2.82 bits per heavy atom. The summed E-state index contributed by atoms with van der Waals surface area (Å²) in [5, 5.41) is 12.2. The zero-order valence-corrected chi connectivity index (χ0v) is 19.7. The summed E-state index contributed by atoms with van der Waals surface area (Å²) in [5.41, 5.74) is 1.39. The Morgan fingerprint density at radius 1 is 1.21 bits per heavy atom. The maximum Gasteiger partial charge on any atom is 0.244 e. The molecule has 2 fully saturated rings. The second kappa shape index (κ2) is 9.72. The lowest BCUT2D eigenvalue weighted by atomic mass is 10.1. The van der Waals surface area contributed by atoms with Gasteiger partial charge in [-0.05, 0) is 51.2 Å². The molecule has 176 valence electrons. The summed E-state index contributed by atoms with van der Waals surface area (Å²) in [7, 11) is 0. The van der Waals surface area contributed by atoms with Crippen molar-refractivity contribution in [1.29, 1.82) is 0 Å². The lowest BCUT2D eigenvalue weighted by Crippen LogP contribution is -2.45. The van der Waals surface area contributed by atoms with Gasteiger partial charge in [0.1, 0.15) is 6.54 Å². The number of amides is 2. The van der Waals surface area contributed by atoms with Gasteiger partial charge in [0.25, 0.3) is 0 Å². The lowest BCUT2D eigenvalue weighted by molar-refractivity contribution is -0.121. The van der Waals surface area contributed by atoms with E-state index >= 15 is 0 Å². The van der Waals surface area contributed by atoms with Crippen LogP contribution in [0.1, 0.15) is 39.0 Å². The molecular formula is C23H30N6O3S. The molecule has 0 radical (unpaired) electrons. The van der Waals surface area contributed by atoms with E-state index in [2.05, 4.69) is 25.0 Å². The number of rotatable bonds is 6. The third kappa shape index (κ3) is 4.72. The molecule has 3 aliphatic heterocycles. The number of carbonyl (C=O) groups is 2. The van der Waals surface area contributed by atoms with E-state index in [1.807, 2.05) is 31.2 Å². The minimum atomic E-state index is -0.425. The Kier molecular flexibility index (Phi) is 6.55. The van der Waals surface area contributed by atoms with E-state index in [0.717, 1.165) is 62.2 Å². The summed E-state index contributed by atoms with van der Waals surface area (Å²) in [4.78, 5) is 29.5. The highest BCUT2D eigenvalue weighted by Crippen LogP contribution is 2.33. The number of nitrogens with zero attached hydrogens (tertiary/aromatic N) is 5. The highest BCUT2D eigenvalue weighted by molar-refractivity contribution is 8.00. The van der Waals surface area contributed by atoms with Gasteiger partial charge in [-0.1, -0.05) is 23.9 Å². The van der Waals surface area contributed by atoms with E-state index in [9.17, 15) is 9.59 Å². The number of aromatic nitrogens is 3. The van der Waals surface area contributed by atoms with Gasteiger partial charge in [0.05, 0.1) is 29.3 Å². The van der Waals surface area contributed by atoms with Crippen LogP contribution < -0.4 is 15.1 Å². The van der Waals surface area contributed by atoms with Crippen molar-refractivity contribution in [3.05, 3.63) is 24.3 Å². The molecule has 5 rings (SSSR count). The standard InChI is InChI=1S/C23H30N6O3S/c1-16(21(31)28-15-20(30)24-18-9-3-4-10-19(18)28)33-23-26-25-22(27-11-5-2-6-12-27)29(23)14-17-8-7-13-32-17/h3-4,9-10,16-17H,2,5-8,11-15H2,1H3,(H,24,30). The average Bonchev–Trinajstić information content (AvgIpc) is 3.49. The molecule has 9 nitrogen and oxygen atoms in total. The molecule has 1 N–H and O–H groups in total. The van der Waals surface area contributed by atoms with E-state index in [1.54, 1.807) is 4.90 Å². The summed E-state index contributed by atoms with van der Waals surface area (Å²) >= 11 is 1.40. The fraction of sp³-hybridized carbons (Fsp3) is 0.565. The van der Waals surface area contributed by atoms with Crippen molar-refractivity contribution in [1.82, 2.24) is 14.8 Å². The average molecular weight is 471 g/mol. The van der Waals surface area contributed by atoms with Gasteiger partial charge in [-0.3, -0.25) is 19.1 Å². The van der Waals surface area contributed by atoms with Gasteiger partial charge in [-0.2, -0.15) is 0 Å². The van der Waals surface area contributed by atoms with Crippen LogP contribution >= 0.6 is 11.8 Å². The lowest BCUT2D eigenvalue weighted by Gasteiger charge is -2.31. The van der Waals surface area contributed by atoms with Crippen LogP contribution in [0, 0.1) is 0 Å². The fourth-order valence-electron chi connectivity index (χ4n) is 4.71. The molecule has 4 heterocycles. The molecular weight excluding hydrogens is 440 g/mol. The van der Waals surface area contributed by atoms with Crippen LogP contribution in [-0.4, -0.2) is 64.2 Å². The Morgan fingerprint density at radius 2 is 2.03 bits per heavy atom. The van der Waals surface area contributed by atoms with Crippen LogP contribution in [0.5, 0.6) is 0 Å². The maximum atomic E-state index is 13.4. The second-order valence-electron chi connectivity index (χ2n) is 8.83. The minimum absolute atomic E-state index is 0.0162. The highest BCUT2D eigenvalue weighted by Gasteiger charge is 2.32. The smallest absolute Gasteiger partial charge is 0.244 e. The summed E-state index contributed by atoms with van der Waals surface area (Å²) in [5.74, 6) is 0.566. The Hall–Kier alpha value is -2.59. The van der Waals surface area contributed by atoms with Crippen LogP contribution in [0.25, 0.3) is 0 Å². The largest absolute Gasteiger partial charge is 0.376 e. The SMILES string of the molecule is CC(Sc1nnc(N2CCCCC2)n1CC1CCCO1)C(=O)N1CC(=O)Nc2ccccc21. The van der Waals surface area contributed by atoms with Crippen LogP contribution in [0.15, 0.2) is 29.4 Å². The number of benzene rings is 1. The molecule has 0 saturated carbocycles. The molecule has 3 aliphatic rings. The summed E-state index contributed by atoms with van der Waals surface area (Å²) in [6.07, 6.45) is 5.79. The first kappa shape index (κ1) is 22.2. The molecule has 2 atom stereocenters. The number of thioether (sulfide) groups is 1. The Labute approximate surface area is 197 Å². The van der Waals surface area contributed by atoms with E-state index in [4.69, 9.17) is 4.74 Å². The monoisotopic (exact) mass is 470 g/mol. The number of fused-ring (bicyclic) bond motifs is 1. The molecule has 0 spiro atoms. The van der Waals surface area contributed by atoms with Crippen LogP contribution in [-0.2, 0) is 20.9 Å². The van der Waals surface area contributed by atoms with Crippen LogP contribution in [0.4, 0.5) is 17.3 Å². The molecule has 10 heteroatoms. The van der Waals surface area contributed by atoms with E-state index < -0.39 is 5.25 Å². The molecule has 2 saturated heterocycles. The number of ether oxygens (including phenoxy) is 1. The van der Waals surface area contributed by atoms with Crippen LogP contribution in [0.2, 0.25) is 0 Å². The number of hydrogen-bond donors (Lipinski definition) is 1. The van der Waals surface area contributed by atoms with Gasteiger partial charge < -0.3 is 15.0 Å². The van der Waals surface area contributed by atoms with Crippen molar-refractivity contribution >= 4 is 40.9 Å². The third-order valence-electron chi connectivity index (χ3n) is 6.41. The van der Waals surface area contributed by atoms with Crippen LogP contribution in [0.3, 0.4) is 0 Å². The summed E-state index contributed by atoms with van der Waals surface area (Å²) < 4.78 is 8.03. The first-order valence-electron chi connectivity index (χ1n) is 11.8. The molecule has 1 aromatic heterocycles. The Bertz CT molecular complexity index is 1020. The zero-order chi connectivity index (χ0) is 22.8. The number of para-hydroxylation sites is 2. The van der Waals surface area contributed by atoms with Crippen molar-refractivity contribution in [2.45, 2.75) is 62.1 Å². The predicted molar refractivity (Wildman–Crippen MR) is 128 cm³/mol. The molecule has 0 aliphatic carbocycles. The van der Waals surface area contributed by atoms with Gasteiger partial charge in [-0.25, -0.2) is 0 Å². The molecule has 2 amide bonds. The first-order valence-corrected chi connectivity index (χ1v) is 12.6. The number of anilines is 3. The topological polar surface area (TPSA) is 92.6 Å². The Balaban J connectivity index is 1.37. The molecule has 2 aromatic rings. The molecule has 0 bridgehead atoms. The van der Waals surface area contributed by atoms with Crippen molar-refractivity contribution < 1.29 is 14.3 Å². The number of carbonyl (C=O) groups excluding carboxylic acids is 2. The van der Waals surface area contributed by atoms with Gasteiger partial charge in [-0.15, -0.1) is 10.2 Å². The van der Waals surface area contributed by atoms with Crippen molar-refractivity contribution in [2.75, 3.05) is 41.4 Å². The normalized spacial score (nSPS) is 21.6. The van der Waals surface area contributed by atoms with Gasteiger partial charge in [0, 0.05) is 19.7 Å². The van der Waals surface area contributed by atoms with E-state index in [-0.39, 0.29) is 24.5 Å². The molecule has 33 heavy (non-hydrogen) atoms. The van der Waals surface area contributed by atoms with Gasteiger partial charge in [0.15, 0.2) is 5.16 Å². The molecule has 1 aromatic carbocycles. The second-order valence-corrected chi connectivity index (χ2v) is 10.1. The maximum absolute atomic E-state index is 13.4. The summed E-state index contributed by atoms with van der Waals surface area (Å²) in [6, 6.07) is 7.39. The van der Waals surface area contributed by atoms with Crippen molar-refractivity contribution in [2.24, 2.45) is 0 Å². The highest BCUT2D eigenvalue weighted by atomic mass is 32.2. The third-order valence-corrected chi connectivity index (χ3v) is 7.48. The predicted octanol–water partition coefficient (Wildman–Crippen LogP) is 2.91. The van der Waals surface area contributed by atoms with Crippen molar-refractivity contribution in [3.63, 3.8) is 0 Å². The number of nitrogens with one attached hydrogen (secondary N) is 1. The minimum Gasteiger partial charge on any atom is -0.376 e. The van der Waals surface area contributed by atoms with E-state index in [1.165, 1.54) is 18.2 Å². The summed E-state index contributed by atoms with van der Waals surface area (Å²) in [6.45, 7) is 5.32. The first-order chi connectivity index (χ1) is 16.1. The number of piperidine rings is 1. The van der Waals surface area contributed by atoms with Gasteiger partial charge in [0.2, 0.25) is 17.8 Å². The number of hydrogen-bond acceptors (Lipinski definition) is 7. The quantitative estimate of drug-likeness (QED) is 0.649.